The number of unbranched alkanes of at least 4 members (excludes halogenated alkanes) is 3. The molecule has 0 fully saturated rings. The van der Waals surface area contributed by atoms with E-state index in [1.54, 1.807) is 34.1 Å². The SMILES string of the molecule is CC(C)(C)C(=O)O.CCC[CH2][Sn]([CH2]CCC)[CH2]CCC. The summed E-state index contributed by atoms with van der Waals surface area (Å²) in [6.45, 7) is 12.0. The van der Waals surface area contributed by atoms with Crippen molar-refractivity contribution >= 4 is 25.7 Å². The molecule has 20 heavy (non-hydrogen) atoms. The van der Waals surface area contributed by atoms with Crippen molar-refractivity contribution in [2.45, 2.75) is 93.4 Å². The average molecular weight is 392 g/mol. The van der Waals surface area contributed by atoms with Crippen molar-refractivity contribution in [2.75, 3.05) is 0 Å². The van der Waals surface area contributed by atoms with Crippen LogP contribution in [0.1, 0.15) is 80.1 Å². The molecule has 0 aliphatic carbocycles. The molecule has 0 aromatic rings. The van der Waals surface area contributed by atoms with Crippen LogP contribution >= 0.6 is 0 Å². The van der Waals surface area contributed by atoms with Gasteiger partial charge in [-0.3, -0.25) is 4.79 Å². The van der Waals surface area contributed by atoms with Crippen LogP contribution in [0.5, 0.6) is 0 Å². The van der Waals surface area contributed by atoms with Crippen LogP contribution in [0.3, 0.4) is 0 Å². The molecule has 0 saturated carbocycles. The Hall–Kier alpha value is 0.269. The summed E-state index contributed by atoms with van der Waals surface area (Å²) in [6, 6.07) is 0. The Bertz CT molecular complexity index is 203. The first-order valence-corrected chi connectivity index (χ1v) is 14.4. The van der Waals surface area contributed by atoms with E-state index >= 15 is 0 Å². The third kappa shape index (κ3) is 16.3. The second-order valence-corrected chi connectivity index (χ2v) is 15.2. The summed E-state index contributed by atoms with van der Waals surface area (Å²) in [4.78, 5) is 10.0. The third-order valence-electron chi connectivity index (χ3n) is 3.29. The van der Waals surface area contributed by atoms with Crippen LogP contribution in [0.15, 0.2) is 0 Å². The van der Waals surface area contributed by atoms with Gasteiger partial charge in [-0.05, 0) is 20.8 Å². The molecule has 0 aromatic heterocycles. The van der Waals surface area contributed by atoms with Crippen molar-refractivity contribution in [1.82, 2.24) is 0 Å². The van der Waals surface area contributed by atoms with Crippen molar-refractivity contribution in [3.63, 3.8) is 0 Å². The van der Waals surface area contributed by atoms with Crippen LogP contribution in [0.25, 0.3) is 0 Å². The summed E-state index contributed by atoms with van der Waals surface area (Å²) in [6.07, 6.45) is 8.85. The number of hydrogen-bond donors (Lipinski definition) is 1. The van der Waals surface area contributed by atoms with Crippen LogP contribution in [0.4, 0.5) is 0 Å². The van der Waals surface area contributed by atoms with Gasteiger partial charge in [-0.25, -0.2) is 0 Å². The van der Waals surface area contributed by atoms with Gasteiger partial charge in [0, 0.05) is 0 Å². The fraction of sp³-hybridized carbons (Fsp3) is 0.941. The molecular formula is C17H37O2Sn. The van der Waals surface area contributed by atoms with Crippen molar-refractivity contribution in [3.8, 4) is 0 Å². The summed E-state index contributed by atoms with van der Waals surface area (Å²) >= 11 is -0.839. The predicted octanol–water partition coefficient (Wildman–Crippen LogP) is 6.00. The molecule has 2 nitrogen and oxygen atoms in total. The molecule has 0 aromatic carbocycles. The van der Waals surface area contributed by atoms with Crippen LogP contribution in [-0.2, 0) is 4.79 Å². The Kier molecular flexibility index (Phi) is 16.0. The maximum atomic E-state index is 10.0. The summed E-state index contributed by atoms with van der Waals surface area (Å²) in [5.74, 6) is -0.757. The van der Waals surface area contributed by atoms with Gasteiger partial charge in [-0.2, -0.15) is 0 Å². The van der Waals surface area contributed by atoms with Crippen molar-refractivity contribution in [3.05, 3.63) is 0 Å². The molecule has 1 N–H and O–H groups in total. The number of aliphatic carboxylic acids is 1. The molecule has 3 heteroatoms. The summed E-state index contributed by atoms with van der Waals surface area (Å²) < 4.78 is 5.04. The van der Waals surface area contributed by atoms with Gasteiger partial charge >= 0.3 is 98.3 Å². The third-order valence-corrected chi connectivity index (χ3v) is 12.4. The van der Waals surface area contributed by atoms with E-state index in [-0.39, 0.29) is 0 Å². The first-order chi connectivity index (χ1) is 9.29. The van der Waals surface area contributed by atoms with E-state index in [2.05, 4.69) is 20.8 Å². The van der Waals surface area contributed by atoms with Crippen LogP contribution < -0.4 is 0 Å². The zero-order valence-electron chi connectivity index (χ0n) is 14.7. The van der Waals surface area contributed by atoms with Gasteiger partial charge in [0.1, 0.15) is 0 Å². The number of hydrogen-bond acceptors (Lipinski definition) is 1. The van der Waals surface area contributed by atoms with Crippen LogP contribution in [0.2, 0.25) is 13.3 Å². The van der Waals surface area contributed by atoms with Gasteiger partial charge in [0.05, 0.1) is 5.41 Å². The van der Waals surface area contributed by atoms with E-state index in [0.29, 0.717) is 0 Å². The van der Waals surface area contributed by atoms with Gasteiger partial charge < -0.3 is 5.11 Å². The number of carbonyl (C=O) groups is 1. The van der Waals surface area contributed by atoms with Crippen molar-refractivity contribution in [1.29, 1.82) is 0 Å². The molecule has 0 spiro atoms. The molecule has 0 atom stereocenters. The standard InChI is InChI=1S/C5H10O2.3C4H9.Sn/c1-5(2,3)4(6)7;3*1-3-4-2;/h1-3H3,(H,6,7);3*1,3-4H2,2H3;. The number of carboxylic acids is 1. The molecule has 0 saturated heterocycles. The zero-order chi connectivity index (χ0) is 16.0. The molecule has 1 radical (unpaired) electrons. The van der Waals surface area contributed by atoms with E-state index in [4.69, 9.17) is 5.11 Å². The van der Waals surface area contributed by atoms with Gasteiger partial charge in [0.2, 0.25) is 0 Å². The first-order valence-electron chi connectivity index (χ1n) is 8.36. The molecule has 0 amide bonds. The Morgan fingerprint density at radius 2 is 1.10 bits per heavy atom. The normalized spacial score (nSPS) is 11.2. The molecule has 121 valence electrons. The monoisotopic (exact) mass is 393 g/mol. The zero-order valence-corrected chi connectivity index (χ0v) is 17.6. The molecule has 0 bridgehead atoms. The molecular weight excluding hydrogens is 355 g/mol. The summed E-state index contributed by atoms with van der Waals surface area (Å²) in [5, 5.41) is 8.25. The van der Waals surface area contributed by atoms with E-state index in [1.807, 2.05) is 0 Å². The molecule has 0 heterocycles. The Labute approximate surface area is 134 Å². The topological polar surface area (TPSA) is 37.3 Å². The Morgan fingerprint density at radius 3 is 1.25 bits per heavy atom. The van der Waals surface area contributed by atoms with E-state index in [0.717, 1.165) is 0 Å². The first kappa shape index (κ1) is 22.5. The summed E-state index contributed by atoms with van der Waals surface area (Å²) in [5.41, 5.74) is -0.583. The molecule has 0 aliphatic rings. The fourth-order valence-electron chi connectivity index (χ4n) is 1.66. The van der Waals surface area contributed by atoms with Gasteiger partial charge in [-0.15, -0.1) is 0 Å². The van der Waals surface area contributed by atoms with Gasteiger partial charge in [0.25, 0.3) is 0 Å². The van der Waals surface area contributed by atoms with E-state index < -0.39 is 31.1 Å². The minimum absolute atomic E-state index is 0.583. The van der Waals surface area contributed by atoms with E-state index in [9.17, 15) is 4.79 Å². The second kappa shape index (κ2) is 14.2. The second-order valence-electron chi connectivity index (χ2n) is 6.62. The molecule has 0 rings (SSSR count). The van der Waals surface area contributed by atoms with E-state index in [1.165, 1.54) is 38.5 Å². The summed E-state index contributed by atoms with van der Waals surface area (Å²) in [7, 11) is 0. The van der Waals surface area contributed by atoms with Crippen molar-refractivity contribution < 1.29 is 9.90 Å². The maximum absolute atomic E-state index is 10.0. The van der Waals surface area contributed by atoms with Gasteiger partial charge in [-0.1, -0.05) is 0 Å². The van der Waals surface area contributed by atoms with Crippen LogP contribution in [-0.4, -0.2) is 30.8 Å². The quantitative estimate of drug-likeness (QED) is 0.489. The fourth-order valence-corrected chi connectivity index (χ4v) is 11.1. The van der Waals surface area contributed by atoms with Crippen molar-refractivity contribution in [2.24, 2.45) is 5.41 Å². The molecule has 0 unspecified atom stereocenters. The van der Waals surface area contributed by atoms with Gasteiger partial charge in [0.15, 0.2) is 0 Å². The Morgan fingerprint density at radius 1 is 0.850 bits per heavy atom. The molecule has 0 aliphatic heterocycles. The predicted molar refractivity (Wildman–Crippen MR) is 92.0 cm³/mol. The minimum atomic E-state index is -0.839. The van der Waals surface area contributed by atoms with Crippen LogP contribution in [0, 0.1) is 5.41 Å². The number of carboxylic acid groups (broad SMARTS) is 1. The number of rotatable bonds is 9. The Balaban J connectivity index is 0. The average Bonchev–Trinajstić information content (AvgIpc) is 2.37.